The van der Waals surface area contributed by atoms with Gasteiger partial charge in [0.15, 0.2) is 0 Å². The van der Waals surface area contributed by atoms with Crippen molar-refractivity contribution < 1.29 is 14.7 Å². The molecule has 0 aromatic heterocycles. The molecule has 5 nitrogen and oxygen atoms in total. The van der Waals surface area contributed by atoms with Gasteiger partial charge in [-0.15, -0.1) is 0 Å². The lowest BCUT2D eigenvalue weighted by molar-refractivity contribution is -0.119. The van der Waals surface area contributed by atoms with E-state index in [1.807, 2.05) is 12.1 Å². The fourth-order valence-corrected chi connectivity index (χ4v) is 2.45. The molecule has 0 spiro atoms. The van der Waals surface area contributed by atoms with E-state index in [9.17, 15) is 14.7 Å². The number of carbonyl (C=O) groups excluding carboxylic acids is 2. The lowest BCUT2D eigenvalue weighted by atomic mass is 10.1. The fourth-order valence-electron chi connectivity index (χ4n) is 2.45. The third kappa shape index (κ3) is 3.36. The predicted molar refractivity (Wildman–Crippen MR) is 75.1 cm³/mol. The van der Waals surface area contributed by atoms with Crippen molar-refractivity contribution in [2.75, 3.05) is 13.2 Å². The number of carbonyl (C=O) groups is 2. The predicted octanol–water partition coefficient (Wildman–Crippen LogP) is 0.920. The van der Waals surface area contributed by atoms with Gasteiger partial charge in [-0.05, 0) is 30.5 Å². The van der Waals surface area contributed by atoms with Crippen LogP contribution in [0, 0.1) is 0 Å². The number of nitrogens with zero attached hydrogens (tertiary/aromatic N) is 1. The van der Waals surface area contributed by atoms with Crippen LogP contribution in [-0.4, -0.2) is 41.0 Å². The number of rotatable bonds is 4. The molecule has 1 fully saturated rings. The maximum Gasteiger partial charge on any atom is 0.254 e. The summed E-state index contributed by atoms with van der Waals surface area (Å²) in [7, 11) is 0. The standard InChI is InChI=1S/C15H20N2O3/c1-11(19)16-9-12-4-6-13(7-5-12)15(20)17-8-2-3-14(17)10-18/h4-7,14,18H,2-3,8-10H2,1H3,(H,16,19)/t14-/m1/s1. The van der Waals surface area contributed by atoms with Gasteiger partial charge in [-0.3, -0.25) is 9.59 Å². The van der Waals surface area contributed by atoms with E-state index in [0.717, 1.165) is 18.4 Å². The number of aliphatic hydroxyl groups excluding tert-OH is 1. The van der Waals surface area contributed by atoms with E-state index >= 15 is 0 Å². The summed E-state index contributed by atoms with van der Waals surface area (Å²) in [5, 5.41) is 12.0. The summed E-state index contributed by atoms with van der Waals surface area (Å²) in [6.45, 7) is 2.66. The molecule has 0 unspecified atom stereocenters. The van der Waals surface area contributed by atoms with Crippen LogP contribution in [0.3, 0.4) is 0 Å². The van der Waals surface area contributed by atoms with E-state index in [2.05, 4.69) is 5.32 Å². The minimum absolute atomic E-state index is 0.0202. The molecule has 1 saturated heterocycles. The number of hydrogen-bond donors (Lipinski definition) is 2. The third-order valence-corrected chi connectivity index (χ3v) is 3.59. The van der Waals surface area contributed by atoms with Crippen molar-refractivity contribution in [1.29, 1.82) is 0 Å². The lowest BCUT2D eigenvalue weighted by Gasteiger charge is -2.23. The van der Waals surface area contributed by atoms with Crippen molar-refractivity contribution in [3.63, 3.8) is 0 Å². The molecular formula is C15H20N2O3. The number of hydrogen-bond acceptors (Lipinski definition) is 3. The average molecular weight is 276 g/mol. The van der Waals surface area contributed by atoms with Gasteiger partial charge in [0.2, 0.25) is 5.91 Å². The molecular weight excluding hydrogens is 256 g/mol. The minimum Gasteiger partial charge on any atom is -0.394 e. The molecule has 0 aliphatic carbocycles. The zero-order chi connectivity index (χ0) is 14.5. The molecule has 1 aromatic carbocycles. The highest BCUT2D eigenvalue weighted by Gasteiger charge is 2.28. The third-order valence-electron chi connectivity index (χ3n) is 3.59. The fraction of sp³-hybridized carbons (Fsp3) is 0.467. The molecule has 2 rings (SSSR count). The summed E-state index contributed by atoms with van der Waals surface area (Å²) >= 11 is 0. The lowest BCUT2D eigenvalue weighted by Crippen LogP contribution is -2.37. The van der Waals surface area contributed by atoms with Gasteiger partial charge >= 0.3 is 0 Å². The Labute approximate surface area is 118 Å². The first-order chi connectivity index (χ1) is 9.61. The van der Waals surface area contributed by atoms with E-state index < -0.39 is 0 Å². The number of aliphatic hydroxyl groups is 1. The van der Waals surface area contributed by atoms with Crippen LogP contribution in [0.4, 0.5) is 0 Å². The second-order valence-electron chi connectivity index (χ2n) is 5.08. The molecule has 1 heterocycles. The summed E-state index contributed by atoms with van der Waals surface area (Å²) < 4.78 is 0. The Hall–Kier alpha value is -1.88. The highest BCUT2D eigenvalue weighted by molar-refractivity contribution is 5.94. The summed E-state index contributed by atoms with van der Waals surface area (Å²) in [6.07, 6.45) is 1.81. The first-order valence-corrected chi connectivity index (χ1v) is 6.87. The van der Waals surface area contributed by atoms with Gasteiger partial charge in [0, 0.05) is 25.6 Å². The van der Waals surface area contributed by atoms with Crippen molar-refractivity contribution in [3.05, 3.63) is 35.4 Å². The normalized spacial score (nSPS) is 18.1. The number of likely N-dealkylation sites (tertiary alicyclic amines) is 1. The largest absolute Gasteiger partial charge is 0.394 e. The Bertz CT molecular complexity index is 484. The maximum atomic E-state index is 12.3. The van der Waals surface area contributed by atoms with Crippen molar-refractivity contribution in [2.45, 2.75) is 32.4 Å². The molecule has 1 aliphatic heterocycles. The molecule has 2 N–H and O–H groups in total. The SMILES string of the molecule is CC(=O)NCc1ccc(C(=O)N2CCC[C@@H]2CO)cc1. The summed E-state index contributed by atoms with van der Waals surface area (Å²) in [4.78, 5) is 24.9. The van der Waals surface area contributed by atoms with Crippen LogP contribution in [0.1, 0.15) is 35.7 Å². The van der Waals surface area contributed by atoms with Crippen LogP contribution in [0.2, 0.25) is 0 Å². The maximum absolute atomic E-state index is 12.3. The van der Waals surface area contributed by atoms with Gasteiger partial charge < -0.3 is 15.3 Å². The van der Waals surface area contributed by atoms with Gasteiger partial charge in [0.1, 0.15) is 0 Å². The van der Waals surface area contributed by atoms with Crippen LogP contribution >= 0.6 is 0 Å². The molecule has 2 amide bonds. The topological polar surface area (TPSA) is 69.6 Å². The summed E-state index contributed by atoms with van der Waals surface area (Å²) in [5.74, 6) is -0.111. The van der Waals surface area contributed by atoms with E-state index in [1.54, 1.807) is 17.0 Å². The Morgan fingerprint density at radius 3 is 2.65 bits per heavy atom. The first-order valence-electron chi connectivity index (χ1n) is 6.87. The molecule has 108 valence electrons. The molecule has 0 bridgehead atoms. The van der Waals surface area contributed by atoms with Gasteiger partial charge in [-0.2, -0.15) is 0 Å². The van der Waals surface area contributed by atoms with Crippen LogP contribution in [0.15, 0.2) is 24.3 Å². The van der Waals surface area contributed by atoms with E-state index in [-0.39, 0.29) is 24.5 Å². The quantitative estimate of drug-likeness (QED) is 0.859. The van der Waals surface area contributed by atoms with E-state index in [1.165, 1.54) is 6.92 Å². The van der Waals surface area contributed by atoms with Crippen molar-refractivity contribution in [3.8, 4) is 0 Å². The van der Waals surface area contributed by atoms with Crippen molar-refractivity contribution >= 4 is 11.8 Å². The van der Waals surface area contributed by atoms with Crippen molar-refractivity contribution in [1.82, 2.24) is 10.2 Å². The van der Waals surface area contributed by atoms with Crippen LogP contribution in [0.25, 0.3) is 0 Å². The zero-order valence-corrected chi connectivity index (χ0v) is 11.6. The number of amides is 2. The molecule has 1 atom stereocenters. The first kappa shape index (κ1) is 14.5. The van der Waals surface area contributed by atoms with E-state index in [4.69, 9.17) is 0 Å². The highest BCUT2D eigenvalue weighted by atomic mass is 16.3. The second-order valence-corrected chi connectivity index (χ2v) is 5.08. The molecule has 5 heteroatoms. The summed E-state index contributed by atoms with van der Waals surface area (Å²) in [5.41, 5.74) is 1.58. The van der Waals surface area contributed by atoms with Crippen LogP contribution in [-0.2, 0) is 11.3 Å². The number of benzene rings is 1. The Morgan fingerprint density at radius 1 is 1.35 bits per heavy atom. The molecule has 20 heavy (non-hydrogen) atoms. The highest BCUT2D eigenvalue weighted by Crippen LogP contribution is 2.19. The monoisotopic (exact) mass is 276 g/mol. The van der Waals surface area contributed by atoms with E-state index in [0.29, 0.717) is 18.7 Å². The van der Waals surface area contributed by atoms with Crippen LogP contribution < -0.4 is 5.32 Å². The Balaban J connectivity index is 2.02. The zero-order valence-electron chi connectivity index (χ0n) is 11.6. The second kappa shape index (κ2) is 6.52. The Kier molecular flexibility index (Phi) is 4.74. The van der Waals surface area contributed by atoms with Gasteiger partial charge in [-0.1, -0.05) is 12.1 Å². The van der Waals surface area contributed by atoms with Gasteiger partial charge in [0.25, 0.3) is 5.91 Å². The summed E-state index contributed by atoms with van der Waals surface area (Å²) in [6, 6.07) is 7.17. The molecule has 1 aromatic rings. The average Bonchev–Trinajstić information content (AvgIpc) is 2.93. The molecule has 0 radical (unpaired) electrons. The van der Waals surface area contributed by atoms with Gasteiger partial charge in [0.05, 0.1) is 12.6 Å². The number of nitrogens with one attached hydrogen (secondary N) is 1. The van der Waals surface area contributed by atoms with Crippen LogP contribution in [0.5, 0.6) is 0 Å². The molecule has 0 saturated carbocycles. The minimum atomic E-state index is -0.0759. The molecule has 1 aliphatic rings. The Morgan fingerprint density at radius 2 is 2.05 bits per heavy atom. The smallest absolute Gasteiger partial charge is 0.254 e. The van der Waals surface area contributed by atoms with Gasteiger partial charge in [-0.25, -0.2) is 0 Å². The van der Waals surface area contributed by atoms with Crippen molar-refractivity contribution in [2.24, 2.45) is 0 Å².